The summed E-state index contributed by atoms with van der Waals surface area (Å²) >= 11 is 1.60. The topological polar surface area (TPSA) is 90.3 Å². The molecule has 2 N–H and O–H groups in total. The van der Waals surface area contributed by atoms with Crippen molar-refractivity contribution in [2.45, 2.75) is 49.2 Å². The van der Waals surface area contributed by atoms with Crippen molar-refractivity contribution in [2.75, 3.05) is 31.3 Å². The smallest absolute Gasteiger partial charge is 0.234 e. The number of carbonyl (C=O) groups is 1. The molecule has 1 aromatic heterocycles. The Bertz CT molecular complexity index is 1390. The third-order valence-corrected chi connectivity index (χ3v) is 9.09. The molecule has 0 radical (unpaired) electrons. The number of nitrogens with one attached hydrogen (secondary N) is 2. The lowest BCUT2D eigenvalue weighted by molar-refractivity contribution is -0.113. The molecular formula is C29H31N5O2S. The molecule has 2 fully saturated rings. The molecule has 2 aliphatic heterocycles. The van der Waals surface area contributed by atoms with Crippen LogP contribution in [-0.4, -0.2) is 53.8 Å². The summed E-state index contributed by atoms with van der Waals surface area (Å²) in [6, 6.07) is 15.7. The molecule has 2 bridgehead atoms. The number of fused-ring (bicyclic) bond motifs is 4. The van der Waals surface area contributed by atoms with Crippen LogP contribution in [0.3, 0.4) is 0 Å². The number of pyridine rings is 1. The highest BCUT2D eigenvalue weighted by atomic mass is 32.2. The Kier molecular flexibility index (Phi) is 6.76. The zero-order chi connectivity index (χ0) is 25.4. The molecule has 7 nitrogen and oxygen atoms in total. The number of ether oxygens (including phenoxy) is 1. The highest BCUT2D eigenvalue weighted by Crippen LogP contribution is 2.37. The second-order valence-corrected chi connectivity index (χ2v) is 11.4. The van der Waals surface area contributed by atoms with Gasteiger partial charge in [-0.2, -0.15) is 5.26 Å². The van der Waals surface area contributed by atoms with Crippen molar-refractivity contribution in [3.8, 4) is 11.8 Å². The molecule has 0 spiro atoms. The van der Waals surface area contributed by atoms with Crippen molar-refractivity contribution in [3.05, 3.63) is 59.3 Å². The second-order valence-electron chi connectivity index (χ2n) is 10.4. The summed E-state index contributed by atoms with van der Waals surface area (Å²) in [5.41, 5.74) is 4.77. The summed E-state index contributed by atoms with van der Waals surface area (Å²) in [7, 11) is 1.67. The molecule has 37 heavy (non-hydrogen) atoms. The molecule has 1 saturated heterocycles. The van der Waals surface area contributed by atoms with Gasteiger partial charge in [-0.05, 0) is 73.1 Å². The maximum atomic E-state index is 11.7. The standard InChI is InChI=1S/C29H31N5O2S/c1-36-23-3-4-26-25(12-23)24(20(13-30)15-32-26)6-7-34-16-19-8-21(11-22(34)9-19)31-14-18-2-5-28-27(10-18)33-29(35)17-37-28/h2-5,10,12,15,19,21-22,31H,6-9,11,14,16-17H2,1H3,(H,33,35). The molecule has 1 aliphatic carbocycles. The zero-order valence-electron chi connectivity index (χ0n) is 21.0. The van der Waals surface area contributed by atoms with Gasteiger partial charge >= 0.3 is 0 Å². The average Bonchev–Trinajstić information content (AvgIpc) is 3.21. The van der Waals surface area contributed by atoms with Crippen LogP contribution in [-0.2, 0) is 17.8 Å². The number of carbonyl (C=O) groups excluding carboxylic acids is 1. The maximum absolute atomic E-state index is 11.7. The van der Waals surface area contributed by atoms with Gasteiger partial charge in [-0.15, -0.1) is 11.8 Å². The molecule has 1 saturated carbocycles. The lowest BCUT2D eigenvalue weighted by Crippen LogP contribution is -2.39. The van der Waals surface area contributed by atoms with Crippen LogP contribution in [0.1, 0.15) is 36.0 Å². The lowest BCUT2D eigenvalue weighted by atomic mass is 9.86. The molecule has 3 aliphatic rings. The molecule has 3 aromatic rings. The SMILES string of the molecule is COc1ccc2ncc(C#N)c(CCN3CC4CC(NCc5ccc6c(c5)NC(=O)CS6)CC3C4)c2c1. The van der Waals surface area contributed by atoms with Gasteiger partial charge in [-0.25, -0.2) is 0 Å². The summed E-state index contributed by atoms with van der Waals surface area (Å²) in [4.78, 5) is 20.0. The van der Waals surface area contributed by atoms with Gasteiger partial charge in [0.05, 0.1) is 29.6 Å². The number of methoxy groups -OCH3 is 1. The molecule has 1 amide bonds. The molecule has 3 heterocycles. The van der Waals surface area contributed by atoms with E-state index < -0.39 is 0 Å². The van der Waals surface area contributed by atoms with Crippen molar-refractivity contribution in [1.82, 2.24) is 15.2 Å². The third-order valence-electron chi connectivity index (χ3n) is 8.02. The first-order valence-electron chi connectivity index (χ1n) is 13.0. The number of aromatic nitrogens is 1. The van der Waals surface area contributed by atoms with E-state index in [1.54, 1.807) is 25.1 Å². The van der Waals surface area contributed by atoms with Crippen LogP contribution in [0.4, 0.5) is 5.69 Å². The van der Waals surface area contributed by atoms with E-state index in [1.165, 1.54) is 18.4 Å². The average molecular weight is 514 g/mol. The monoisotopic (exact) mass is 513 g/mol. The van der Waals surface area contributed by atoms with E-state index in [0.717, 1.165) is 65.3 Å². The Hall–Kier alpha value is -3.12. The number of anilines is 1. The summed E-state index contributed by atoms with van der Waals surface area (Å²) in [6.07, 6.45) is 6.14. The Morgan fingerprint density at radius 2 is 2.16 bits per heavy atom. The van der Waals surface area contributed by atoms with Crippen LogP contribution >= 0.6 is 11.8 Å². The minimum absolute atomic E-state index is 0.0762. The molecule has 2 aromatic carbocycles. The Balaban J connectivity index is 1.09. The molecule has 3 unspecified atom stereocenters. The summed E-state index contributed by atoms with van der Waals surface area (Å²) in [5, 5.41) is 17.6. The van der Waals surface area contributed by atoms with Crippen LogP contribution in [0.5, 0.6) is 5.75 Å². The molecular weight excluding hydrogens is 482 g/mol. The highest BCUT2D eigenvalue weighted by Gasteiger charge is 2.39. The normalized spacial score (nSPS) is 22.9. The van der Waals surface area contributed by atoms with Gasteiger partial charge in [0.2, 0.25) is 5.91 Å². The van der Waals surface area contributed by atoms with Crippen LogP contribution in [0.15, 0.2) is 47.5 Å². The van der Waals surface area contributed by atoms with Crippen molar-refractivity contribution in [1.29, 1.82) is 5.26 Å². The number of hydrogen-bond acceptors (Lipinski definition) is 7. The van der Waals surface area contributed by atoms with Crippen molar-refractivity contribution < 1.29 is 9.53 Å². The minimum atomic E-state index is 0.0762. The van der Waals surface area contributed by atoms with Crippen LogP contribution in [0.2, 0.25) is 0 Å². The zero-order valence-corrected chi connectivity index (χ0v) is 21.8. The van der Waals surface area contributed by atoms with Crippen molar-refractivity contribution in [3.63, 3.8) is 0 Å². The fourth-order valence-electron chi connectivity index (χ4n) is 6.25. The van der Waals surface area contributed by atoms with Gasteiger partial charge in [0.15, 0.2) is 0 Å². The van der Waals surface area contributed by atoms with E-state index in [2.05, 4.69) is 44.8 Å². The second kappa shape index (κ2) is 10.3. The van der Waals surface area contributed by atoms with Crippen LogP contribution < -0.4 is 15.4 Å². The quantitative estimate of drug-likeness (QED) is 0.486. The Morgan fingerprint density at radius 1 is 1.24 bits per heavy atom. The predicted octanol–water partition coefficient (Wildman–Crippen LogP) is 4.34. The number of likely N-dealkylation sites (tertiary alicyclic amines) is 1. The van der Waals surface area contributed by atoms with Gasteiger partial charge in [0.1, 0.15) is 11.8 Å². The number of benzene rings is 2. The first kappa shape index (κ1) is 24.2. The van der Waals surface area contributed by atoms with Gasteiger partial charge < -0.3 is 15.4 Å². The number of thioether (sulfide) groups is 1. The van der Waals surface area contributed by atoms with Gasteiger partial charge in [0.25, 0.3) is 0 Å². The number of nitrogens with zero attached hydrogens (tertiary/aromatic N) is 3. The van der Waals surface area contributed by atoms with Gasteiger partial charge in [0, 0.05) is 48.2 Å². The first-order chi connectivity index (χ1) is 18.1. The molecule has 190 valence electrons. The first-order valence-corrected chi connectivity index (χ1v) is 14.0. The third kappa shape index (κ3) is 5.04. The summed E-state index contributed by atoms with van der Waals surface area (Å²) in [5.74, 6) is 2.07. The van der Waals surface area contributed by atoms with E-state index in [-0.39, 0.29) is 5.91 Å². The van der Waals surface area contributed by atoms with Gasteiger partial charge in [-0.3, -0.25) is 14.7 Å². The Morgan fingerprint density at radius 3 is 3.03 bits per heavy atom. The summed E-state index contributed by atoms with van der Waals surface area (Å²) < 4.78 is 5.44. The van der Waals surface area contributed by atoms with E-state index in [0.29, 0.717) is 29.3 Å². The number of amides is 1. The number of hydrogen-bond donors (Lipinski definition) is 2. The van der Waals surface area contributed by atoms with E-state index in [4.69, 9.17) is 4.74 Å². The van der Waals surface area contributed by atoms with Crippen molar-refractivity contribution in [2.24, 2.45) is 5.92 Å². The molecule has 3 atom stereocenters. The maximum Gasteiger partial charge on any atom is 0.234 e. The fraction of sp³-hybridized carbons (Fsp3) is 0.414. The number of nitriles is 1. The predicted molar refractivity (Wildman–Crippen MR) is 146 cm³/mol. The molecule has 8 heteroatoms. The molecule has 6 rings (SSSR count). The van der Waals surface area contributed by atoms with Crippen LogP contribution in [0, 0.1) is 17.2 Å². The Labute approximate surface area is 221 Å². The van der Waals surface area contributed by atoms with E-state index >= 15 is 0 Å². The highest BCUT2D eigenvalue weighted by molar-refractivity contribution is 8.00. The van der Waals surface area contributed by atoms with Crippen molar-refractivity contribution >= 4 is 34.3 Å². The fourth-order valence-corrected chi connectivity index (χ4v) is 7.04. The number of rotatable bonds is 7. The van der Waals surface area contributed by atoms with E-state index in [9.17, 15) is 10.1 Å². The summed E-state index contributed by atoms with van der Waals surface area (Å²) in [6.45, 7) is 2.88. The van der Waals surface area contributed by atoms with E-state index in [1.807, 2.05) is 18.2 Å². The largest absolute Gasteiger partial charge is 0.497 e. The van der Waals surface area contributed by atoms with Crippen LogP contribution in [0.25, 0.3) is 10.9 Å². The van der Waals surface area contributed by atoms with Gasteiger partial charge in [-0.1, -0.05) is 6.07 Å². The minimum Gasteiger partial charge on any atom is -0.497 e. The lowest BCUT2D eigenvalue weighted by Gasteiger charge is -2.30.